The smallest absolute Gasteiger partial charge is 0.273 e. The maximum absolute atomic E-state index is 12.2. The maximum Gasteiger partial charge on any atom is 0.273 e. The van der Waals surface area contributed by atoms with E-state index in [-0.39, 0.29) is 12.7 Å². The lowest BCUT2D eigenvalue weighted by atomic mass is 9.89. The van der Waals surface area contributed by atoms with Crippen LogP contribution in [0.15, 0.2) is 28.8 Å². The van der Waals surface area contributed by atoms with E-state index in [0.29, 0.717) is 35.4 Å². The van der Waals surface area contributed by atoms with Gasteiger partial charge in [0.15, 0.2) is 23.0 Å². The molecule has 1 aromatic carbocycles. The third kappa shape index (κ3) is 3.09. The standard InChI is InChI=1S/C18H20N2O4/c21-18(19-10-12-4-2-1-3-5-12)14-9-16(24-20-14)13-6-7-15-17(8-13)23-11-22-15/h6-9,12H,1-5,10-11H2,(H,19,21). The summed E-state index contributed by atoms with van der Waals surface area (Å²) in [6, 6.07) is 7.17. The molecule has 4 rings (SSSR count). The summed E-state index contributed by atoms with van der Waals surface area (Å²) in [6.07, 6.45) is 6.23. The van der Waals surface area contributed by atoms with Gasteiger partial charge in [0.25, 0.3) is 5.91 Å². The number of carbonyl (C=O) groups excluding carboxylic acids is 1. The Morgan fingerprint density at radius 3 is 2.83 bits per heavy atom. The van der Waals surface area contributed by atoms with Gasteiger partial charge in [-0.15, -0.1) is 0 Å². The van der Waals surface area contributed by atoms with Crippen LogP contribution in [-0.2, 0) is 0 Å². The molecule has 1 aromatic heterocycles. The van der Waals surface area contributed by atoms with E-state index in [1.165, 1.54) is 32.1 Å². The zero-order valence-corrected chi connectivity index (χ0v) is 13.4. The first-order valence-corrected chi connectivity index (χ1v) is 8.44. The highest BCUT2D eigenvalue weighted by molar-refractivity contribution is 5.93. The average molecular weight is 328 g/mol. The van der Waals surface area contributed by atoms with E-state index >= 15 is 0 Å². The van der Waals surface area contributed by atoms with E-state index in [9.17, 15) is 4.79 Å². The molecule has 2 aliphatic rings. The second-order valence-electron chi connectivity index (χ2n) is 6.36. The Bertz CT molecular complexity index is 734. The molecule has 1 fully saturated rings. The summed E-state index contributed by atoms with van der Waals surface area (Å²) in [6.45, 7) is 0.940. The molecule has 0 unspecified atom stereocenters. The van der Waals surface area contributed by atoms with Crippen LogP contribution in [0.4, 0.5) is 0 Å². The van der Waals surface area contributed by atoms with Gasteiger partial charge >= 0.3 is 0 Å². The first kappa shape index (κ1) is 15.1. The molecule has 1 amide bonds. The number of rotatable bonds is 4. The average Bonchev–Trinajstić information content (AvgIpc) is 3.29. The number of aromatic nitrogens is 1. The quantitative estimate of drug-likeness (QED) is 0.931. The molecular formula is C18H20N2O4. The number of hydrogen-bond acceptors (Lipinski definition) is 5. The van der Waals surface area contributed by atoms with E-state index in [0.717, 1.165) is 5.56 Å². The van der Waals surface area contributed by atoms with E-state index < -0.39 is 0 Å². The molecule has 6 nitrogen and oxygen atoms in total. The maximum atomic E-state index is 12.2. The number of hydrogen-bond donors (Lipinski definition) is 1. The van der Waals surface area contributed by atoms with Gasteiger partial charge in [-0.05, 0) is 37.0 Å². The molecule has 0 spiro atoms. The number of nitrogens with zero attached hydrogens (tertiary/aromatic N) is 1. The molecule has 24 heavy (non-hydrogen) atoms. The minimum Gasteiger partial charge on any atom is -0.454 e. The van der Waals surface area contributed by atoms with Crippen molar-refractivity contribution in [1.29, 1.82) is 0 Å². The van der Waals surface area contributed by atoms with Crippen molar-refractivity contribution < 1.29 is 18.8 Å². The lowest BCUT2D eigenvalue weighted by Crippen LogP contribution is -2.30. The molecule has 1 aliphatic heterocycles. The number of nitrogens with one attached hydrogen (secondary N) is 1. The minimum atomic E-state index is -0.184. The van der Waals surface area contributed by atoms with Gasteiger partial charge in [-0.1, -0.05) is 24.4 Å². The predicted octanol–water partition coefficient (Wildman–Crippen LogP) is 3.38. The Labute approximate surface area is 140 Å². The second-order valence-corrected chi connectivity index (χ2v) is 6.36. The van der Waals surface area contributed by atoms with Crippen molar-refractivity contribution in [2.24, 2.45) is 5.92 Å². The molecule has 0 saturated heterocycles. The van der Waals surface area contributed by atoms with E-state index in [2.05, 4.69) is 10.5 Å². The third-order valence-corrected chi connectivity index (χ3v) is 4.68. The fourth-order valence-corrected chi connectivity index (χ4v) is 3.29. The van der Waals surface area contributed by atoms with Crippen LogP contribution in [0.25, 0.3) is 11.3 Å². The lowest BCUT2D eigenvalue weighted by molar-refractivity contribution is 0.0934. The van der Waals surface area contributed by atoms with Crippen LogP contribution in [-0.4, -0.2) is 24.4 Å². The highest BCUT2D eigenvalue weighted by Gasteiger charge is 2.19. The number of benzene rings is 1. The highest BCUT2D eigenvalue weighted by atomic mass is 16.7. The molecule has 1 aliphatic carbocycles. The van der Waals surface area contributed by atoms with Crippen LogP contribution in [0.3, 0.4) is 0 Å². The van der Waals surface area contributed by atoms with Gasteiger partial charge in [-0.3, -0.25) is 4.79 Å². The first-order chi connectivity index (χ1) is 11.8. The fourth-order valence-electron chi connectivity index (χ4n) is 3.29. The molecule has 2 heterocycles. The minimum absolute atomic E-state index is 0.184. The first-order valence-electron chi connectivity index (χ1n) is 8.44. The normalized spacial score (nSPS) is 17.0. The number of amides is 1. The van der Waals surface area contributed by atoms with E-state index in [4.69, 9.17) is 14.0 Å². The van der Waals surface area contributed by atoms with Crippen molar-refractivity contribution in [3.8, 4) is 22.8 Å². The lowest BCUT2D eigenvalue weighted by Gasteiger charge is -2.21. The van der Waals surface area contributed by atoms with Gasteiger partial charge < -0.3 is 19.3 Å². The molecule has 1 N–H and O–H groups in total. The Hall–Kier alpha value is -2.50. The Kier molecular flexibility index (Phi) is 4.11. The molecule has 126 valence electrons. The Morgan fingerprint density at radius 2 is 1.96 bits per heavy atom. The van der Waals surface area contributed by atoms with Crippen molar-refractivity contribution in [2.45, 2.75) is 32.1 Å². The van der Waals surface area contributed by atoms with Crippen molar-refractivity contribution in [2.75, 3.05) is 13.3 Å². The van der Waals surface area contributed by atoms with Crippen LogP contribution in [0.2, 0.25) is 0 Å². The topological polar surface area (TPSA) is 73.6 Å². The van der Waals surface area contributed by atoms with Gasteiger partial charge in [0, 0.05) is 18.2 Å². The zero-order chi connectivity index (χ0) is 16.4. The fraction of sp³-hybridized carbons (Fsp3) is 0.444. The summed E-state index contributed by atoms with van der Waals surface area (Å²) in [5, 5.41) is 6.86. The number of fused-ring (bicyclic) bond motifs is 1. The predicted molar refractivity (Wildman–Crippen MR) is 87.0 cm³/mol. The Balaban J connectivity index is 1.41. The molecule has 0 radical (unpaired) electrons. The number of ether oxygens (including phenoxy) is 2. The SMILES string of the molecule is O=C(NCC1CCCCC1)c1cc(-c2ccc3c(c2)OCO3)on1. The van der Waals surface area contributed by atoms with Gasteiger partial charge in [-0.2, -0.15) is 0 Å². The van der Waals surface area contributed by atoms with E-state index in [1.54, 1.807) is 6.07 Å². The summed E-state index contributed by atoms with van der Waals surface area (Å²) in [7, 11) is 0. The molecule has 0 atom stereocenters. The van der Waals surface area contributed by atoms with Crippen molar-refractivity contribution in [3.05, 3.63) is 30.0 Å². The van der Waals surface area contributed by atoms with Gasteiger partial charge in [0.1, 0.15) is 0 Å². The van der Waals surface area contributed by atoms with Gasteiger partial charge in [0.2, 0.25) is 6.79 Å². The van der Waals surface area contributed by atoms with Crippen molar-refractivity contribution >= 4 is 5.91 Å². The molecular weight excluding hydrogens is 308 g/mol. The van der Waals surface area contributed by atoms with Crippen LogP contribution >= 0.6 is 0 Å². The molecule has 1 saturated carbocycles. The van der Waals surface area contributed by atoms with Crippen LogP contribution in [0, 0.1) is 5.92 Å². The summed E-state index contributed by atoms with van der Waals surface area (Å²) in [5.74, 6) is 2.33. The van der Waals surface area contributed by atoms with E-state index in [1.807, 2.05) is 18.2 Å². The molecule has 0 bridgehead atoms. The largest absolute Gasteiger partial charge is 0.454 e. The summed E-state index contributed by atoms with van der Waals surface area (Å²) < 4.78 is 16.0. The monoisotopic (exact) mass is 328 g/mol. The second kappa shape index (κ2) is 6.55. The van der Waals surface area contributed by atoms with Crippen LogP contribution in [0.1, 0.15) is 42.6 Å². The Morgan fingerprint density at radius 1 is 1.12 bits per heavy atom. The van der Waals surface area contributed by atoms with Crippen molar-refractivity contribution in [1.82, 2.24) is 10.5 Å². The zero-order valence-electron chi connectivity index (χ0n) is 13.4. The summed E-state index contributed by atoms with van der Waals surface area (Å²) in [4.78, 5) is 12.2. The van der Waals surface area contributed by atoms with Crippen LogP contribution in [0.5, 0.6) is 11.5 Å². The third-order valence-electron chi connectivity index (χ3n) is 4.68. The molecule has 2 aromatic rings. The number of carbonyl (C=O) groups is 1. The van der Waals surface area contributed by atoms with Crippen LogP contribution < -0.4 is 14.8 Å². The van der Waals surface area contributed by atoms with Gasteiger partial charge in [-0.25, -0.2) is 0 Å². The molecule has 6 heteroatoms. The summed E-state index contributed by atoms with van der Waals surface area (Å²) >= 11 is 0. The summed E-state index contributed by atoms with van der Waals surface area (Å²) in [5.41, 5.74) is 1.11. The van der Waals surface area contributed by atoms with Gasteiger partial charge in [0.05, 0.1) is 0 Å². The van der Waals surface area contributed by atoms with Crippen molar-refractivity contribution in [3.63, 3.8) is 0 Å². The highest BCUT2D eigenvalue weighted by Crippen LogP contribution is 2.36.